The smallest absolute Gasteiger partial charge is 0.178 e. The highest BCUT2D eigenvalue weighted by Crippen LogP contribution is 2.48. The minimum Gasteiger partial charge on any atom is -0.325 e. The van der Waals surface area contributed by atoms with Crippen molar-refractivity contribution < 1.29 is 8.42 Å². The largest absolute Gasteiger partial charge is 0.325 e. The van der Waals surface area contributed by atoms with Crippen molar-refractivity contribution in [3.63, 3.8) is 0 Å². The maximum absolute atomic E-state index is 12.3. The lowest BCUT2D eigenvalue weighted by Gasteiger charge is -2.31. The molecule has 0 amide bonds. The number of rotatable bonds is 4. The highest BCUT2D eigenvalue weighted by atomic mass is 32.2. The SMILES string of the molecule is CC(C)(CS(=O)(=O)c1ccccc1)C1(N)CC1. The molecule has 0 aliphatic heterocycles. The van der Waals surface area contributed by atoms with Gasteiger partial charge in [0.2, 0.25) is 0 Å². The van der Waals surface area contributed by atoms with Crippen molar-refractivity contribution in [1.29, 1.82) is 0 Å². The van der Waals surface area contributed by atoms with Gasteiger partial charge in [-0.1, -0.05) is 32.0 Å². The van der Waals surface area contributed by atoms with Gasteiger partial charge in [-0.05, 0) is 30.4 Å². The lowest BCUT2D eigenvalue weighted by molar-refractivity contribution is 0.303. The number of sulfone groups is 1. The number of benzene rings is 1. The standard InChI is InChI=1S/C13H19NO2S/c1-12(2,13(14)8-9-13)10-17(15,16)11-6-4-3-5-7-11/h3-7H,8-10,14H2,1-2H3. The van der Waals surface area contributed by atoms with E-state index < -0.39 is 9.84 Å². The van der Waals surface area contributed by atoms with Crippen LogP contribution in [0.1, 0.15) is 26.7 Å². The van der Waals surface area contributed by atoms with Crippen LogP contribution in [0.5, 0.6) is 0 Å². The van der Waals surface area contributed by atoms with Crippen LogP contribution in [-0.4, -0.2) is 19.7 Å². The molecule has 2 rings (SSSR count). The summed E-state index contributed by atoms with van der Waals surface area (Å²) in [6.07, 6.45) is 1.84. The summed E-state index contributed by atoms with van der Waals surface area (Å²) < 4.78 is 24.5. The van der Waals surface area contributed by atoms with Crippen LogP contribution in [0.4, 0.5) is 0 Å². The van der Waals surface area contributed by atoms with Gasteiger partial charge >= 0.3 is 0 Å². The van der Waals surface area contributed by atoms with Gasteiger partial charge in [0.25, 0.3) is 0 Å². The lowest BCUT2D eigenvalue weighted by atomic mass is 9.85. The first-order valence-electron chi connectivity index (χ1n) is 5.84. The van der Waals surface area contributed by atoms with Crippen molar-refractivity contribution >= 4 is 9.84 Å². The zero-order valence-electron chi connectivity index (χ0n) is 10.3. The molecule has 0 heterocycles. The molecule has 94 valence electrons. The van der Waals surface area contributed by atoms with Crippen LogP contribution in [0.25, 0.3) is 0 Å². The molecule has 3 nitrogen and oxygen atoms in total. The molecule has 0 spiro atoms. The first-order valence-corrected chi connectivity index (χ1v) is 7.49. The van der Waals surface area contributed by atoms with Crippen LogP contribution >= 0.6 is 0 Å². The molecule has 4 heteroatoms. The summed E-state index contributed by atoms with van der Waals surface area (Å²) in [6.45, 7) is 3.89. The quantitative estimate of drug-likeness (QED) is 0.892. The molecular weight excluding hydrogens is 234 g/mol. The molecule has 2 N–H and O–H groups in total. The molecule has 1 aromatic carbocycles. The Morgan fingerprint density at radius 1 is 1.24 bits per heavy atom. The molecule has 0 aromatic heterocycles. The summed E-state index contributed by atoms with van der Waals surface area (Å²) >= 11 is 0. The molecule has 0 bridgehead atoms. The minimum absolute atomic E-state index is 0.112. The van der Waals surface area contributed by atoms with Crippen LogP contribution in [0.15, 0.2) is 35.2 Å². The van der Waals surface area contributed by atoms with Gasteiger partial charge in [0.1, 0.15) is 0 Å². The van der Waals surface area contributed by atoms with E-state index in [2.05, 4.69) is 0 Å². The molecule has 17 heavy (non-hydrogen) atoms. The van der Waals surface area contributed by atoms with E-state index in [0.29, 0.717) is 4.90 Å². The van der Waals surface area contributed by atoms with E-state index >= 15 is 0 Å². The van der Waals surface area contributed by atoms with E-state index in [1.807, 2.05) is 19.9 Å². The predicted octanol–water partition coefficient (Wildman–Crippen LogP) is 1.98. The maximum atomic E-state index is 12.3. The Bertz CT molecular complexity index is 501. The molecule has 0 atom stereocenters. The summed E-state index contributed by atoms with van der Waals surface area (Å²) in [6, 6.07) is 8.59. The molecule has 1 aliphatic rings. The van der Waals surface area contributed by atoms with Crippen LogP contribution in [0.2, 0.25) is 0 Å². The van der Waals surface area contributed by atoms with E-state index in [0.717, 1.165) is 12.8 Å². The maximum Gasteiger partial charge on any atom is 0.178 e. The van der Waals surface area contributed by atoms with Gasteiger partial charge < -0.3 is 5.73 Å². The zero-order valence-corrected chi connectivity index (χ0v) is 11.1. The van der Waals surface area contributed by atoms with E-state index in [1.165, 1.54) is 0 Å². The van der Waals surface area contributed by atoms with Gasteiger partial charge in [0, 0.05) is 5.54 Å². The lowest BCUT2D eigenvalue weighted by Crippen LogP contribution is -2.44. The minimum atomic E-state index is -3.24. The number of hydrogen-bond donors (Lipinski definition) is 1. The Hall–Kier alpha value is -0.870. The highest BCUT2D eigenvalue weighted by Gasteiger charge is 2.52. The Balaban J connectivity index is 2.24. The first kappa shape index (κ1) is 12.6. The van der Waals surface area contributed by atoms with Crippen LogP contribution in [0, 0.1) is 5.41 Å². The van der Waals surface area contributed by atoms with E-state index in [9.17, 15) is 8.42 Å². The fourth-order valence-corrected chi connectivity index (χ4v) is 4.12. The van der Waals surface area contributed by atoms with Gasteiger partial charge in [0.15, 0.2) is 9.84 Å². The summed E-state index contributed by atoms with van der Waals surface area (Å²) in [4.78, 5) is 0.386. The summed E-state index contributed by atoms with van der Waals surface area (Å²) in [7, 11) is -3.24. The van der Waals surface area contributed by atoms with Crippen LogP contribution < -0.4 is 5.73 Å². The second kappa shape index (κ2) is 3.82. The highest BCUT2D eigenvalue weighted by molar-refractivity contribution is 7.91. The second-order valence-corrected chi connectivity index (χ2v) is 7.60. The van der Waals surface area contributed by atoms with E-state index in [1.54, 1.807) is 24.3 Å². The Labute approximate surface area is 103 Å². The molecular formula is C13H19NO2S. The Morgan fingerprint density at radius 2 is 1.76 bits per heavy atom. The molecule has 1 aliphatic carbocycles. The zero-order chi connectivity index (χ0) is 12.7. The summed E-state index contributed by atoms with van der Waals surface area (Å²) in [5.41, 5.74) is 5.48. The van der Waals surface area contributed by atoms with Crippen molar-refractivity contribution in [3.05, 3.63) is 30.3 Å². The fourth-order valence-electron chi connectivity index (χ4n) is 2.14. The number of hydrogen-bond acceptors (Lipinski definition) is 3. The van der Waals surface area contributed by atoms with Gasteiger partial charge in [-0.15, -0.1) is 0 Å². The molecule has 1 saturated carbocycles. The third-order valence-electron chi connectivity index (χ3n) is 3.79. The topological polar surface area (TPSA) is 60.2 Å². The Morgan fingerprint density at radius 3 is 2.24 bits per heavy atom. The van der Waals surface area contributed by atoms with Crippen molar-refractivity contribution in [2.75, 3.05) is 5.75 Å². The van der Waals surface area contributed by atoms with Crippen molar-refractivity contribution in [2.24, 2.45) is 11.1 Å². The number of nitrogens with two attached hydrogens (primary N) is 1. The molecule has 1 aromatic rings. The normalized spacial score (nSPS) is 19.0. The third-order valence-corrected chi connectivity index (χ3v) is 5.88. The average molecular weight is 253 g/mol. The molecule has 1 fully saturated rings. The monoisotopic (exact) mass is 253 g/mol. The fraction of sp³-hybridized carbons (Fsp3) is 0.538. The molecule has 0 unspecified atom stereocenters. The van der Waals surface area contributed by atoms with Gasteiger partial charge in [-0.3, -0.25) is 0 Å². The van der Waals surface area contributed by atoms with Gasteiger partial charge in [-0.25, -0.2) is 8.42 Å². The molecule has 0 radical (unpaired) electrons. The van der Waals surface area contributed by atoms with Gasteiger partial charge in [0.05, 0.1) is 10.6 Å². The van der Waals surface area contributed by atoms with E-state index in [4.69, 9.17) is 5.73 Å². The van der Waals surface area contributed by atoms with Crippen molar-refractivity contribution in [2.45, 2.75) is 37.1 Å². The first-order chi connectivity index (χ1) is 7.77. The summed E-state index contributed by atoms with van der Waals surface area (Å²) in [5, 5.41) is 0. The Kier molecular flexibility index (Phi) is 2.83. The third kappa shape index (κ3) is 2.38. The molecule has 0 saturated heterocycles. The second-order valence-electron chi connectivity index (χ2n) is 5.61. The van der Waals surface area contributed by atoms with Crippen molar-refractivity contribution in [1.82, 2.24) is 0 Å². The van der Waals surface area contributed by atoms with Crippen molar-refractivity contribution in [3.8, 4) is 0 Å². The summed E-state index contributed by atoms with van der Waals surface area (Å²) in [5.74, 6) is 0.112. The van der Waals surface area contributed by atoms with E-state index in [-0.39, 0.29) is 16.7 Å². The average Bonchev–Trinajstić information content (AvgIpc) is 2.98. The predicted molar refractivity (Wildman–Crippen MR) is 68.4 cm³/mol. The van der Waals surface area contributed by atoms with Crippen LogP contribution in [0.3, 0.4) is 0 Å². The van der Waals surface area contributed by atoms with Crippen LogP contribution in [-0.2, 0) is 9.84 Å². The van der Waals surface area contributed by atoms with Gasteiger partial charge in [-0.2, -0.15) is 0 Å².